The lowest BCUT2D eigenvalue weighted by molar-refractivity contribution is -0.230. The predicted molar refractivity (Wildman–Crippen MR) is 97.5 cm³/mol. The second-order valence-electron chi connectivity index (χ2n) is 8.18. The SMILES string of the molecule is CC1(C)O[C@@H]2O[C@@H]([C@H]3COC(C)(C)O3)[C@H](OS(=O)(=O)Cc3ccccc3)[C@@H]2O1. The van der Waals surface area contributed by atoms with Gasteiger partial charge in [-0.1, -0.05) is 30.3 Å². The number of hydrogen-bond donors (Lipinski definition) is 0. The van der Waals surface area contributed by atoms with Crippen molar-refractivity contribution in [3.8, 4) is 0 Å². The van der Waals surface area contributed by atoms with Crippen molar-refractivity contribution < 1.29 is 36.3 Å². The third-order valence-electron chi connectivity index (χ3n) is 4.87. The van der Waals surface area contributed by atoms with Crippen LogP contribution in [0.5, 0.6) is 0 Å². The summed E-state index contributed by atoms with van der Waals surface area (Å²) >= 11 is 0. The zero-order chi connectivity index (χ0) is 20.2. The van der Waals surface area contributed by atoms with Crippen molar-refractivity contribution in [2.45, 2.75) is 75.7 Å². The van der Waals surface area contributed by atoms with Gasteiger partial charge in [-0.15, -0.1) is 0 Å². The average Bonchev–Trinajstić information content (AvgIpc) is 3.18. The first kappa shape index (κ1) is 20.2. The van der Waals surface area contributed by atoms with Gasteiger partial charge in [-0.05, 0) is 33.3 Å². The van der Waals surface area contributed by atoms with Crippen LogP contribution in [0.25, 0.3) is 0 Å². The summed E-state index contributed by atoms with van der Waals surface area (Å²) in [5, 5.41) is 0. The Morgan fingerprint density at radius 1 is 1.00 bits per heavy atom. The molecule has 3 fully saturated rings. The third kappa shape index (κ3) is 4.25. The highest BCUT2D eigenvalue weighted by Gasteiger charge is 2.60. The Balaban J connectivity index is 1.55. The highest BCUT2D eigenvalue weighted by Crippen LogP contribution is 2.42. The highest BCUT2D eigenvalue weighted by molar-refractivity contribution is 7.85. The molecule has 1 aromatic carbocycles. The van der Waals surface area contributed by atoms with Crippen molar-refractivity contribution in [1.82, 2.24) is 0 Å². The van der Waals surface area contributed by atoms with Crippen molar-refractivity contribution in [2.75, 3.05) is 6.61 Å². The van der Waals surface area contributed by atoms with Gasteiger partial charge in [0.25, 0.3) is 10.1 Å². The molecule has 0 spiro atoms. The van der Waals surface area contributed by atoms with Crippen molar-refractivity contribution in [3.63, 3.8) is 0 Å². The van der Waals surface area contributed by atoms with Crippen LogP contribution in [0.2, 0.25) is 0 Å². The molecule has 9 heteroatoms. The Bertz CT molecular complexity index is 806. The normalized spacial score (nSPS) is 36.5. The van der Waals surface area contributed by atoms with E-state index >= 15 is 0 Å². The summed E-state index contributed by atoms with van der Waals surface area (Å²) in [6.45, 7) is 7.34. The molecule has 0 aromatic heterocycles. The van der Waals surface area contributed by atoms with Crippen LogP contribution in [0.1, 0.15) is 33.3 Å². The zero-order valence-corrected chi connectivity index (χ0v) is 17.2. The average molecular weight is 414 g/mol. The molecule has 4 rings (SSSR count). The van der Waals surface area contributed by atoms with Gasteiger partial charge in [0.15, 0.2) is 17.9 Å². The van der Waals surface area contributed by atoms with E-state index in [0.717, 1.165) is 0 Å². The summed E-state index contributed by atoms with van der Waals surface area (Å²) < 4.78 is 60.2. The monoisotopic (exact) mass is 414 g/mol. The van der Waals surface area contributed by atoms with E-state index in [1.807, 2.05) is 6.07 Å². The van der Waals surface area contributed by atoms with Gasteiger partial charge in [0.1, 0.15) is 30.2 Å². The molecule has 0 bridgehead atoms. The van der Waals surface area contributed by atoms with E-state index in [4.69, 9.17) is 27.9 Å². The summed E-state index contributed by atoms with van der Waals surface area (Å²) in [6, 6.07) is 8.87. The largest absolute Gasteiger partial charge is 0.348 e. The molecule has 0 N–H and O–H groups in total. The predicted octanol–water partition coefficient (Wildman–Crippen LogP) is 1.93. The van der Waals surface area contributed by atoms with Gasteiger partial charge in [-0.25, -0.2) is 0 Å². The first-order valence-corrected chi connectivity index (χ1v) is 10.9. The fraction of sp³-hybridized carbons (Fsp3) is 0.684. The Labute approximate surface area is 165 Å². The van der Waals surface area contributed by atoms with Crippen molar-refractivity contribution >= 4 is 10.1 Å². The molecule has 3 aliphatic rings. The quantitative estimate of drug-likeness (QED) is 0.676. The van der Waals surface area contributed by atoms with Gasteiger partial charge in [0.2, 0.25) is 0 Å². The Morgan fingerprint density at radius 3 is 2.36 bits per heavy atom. The van der Waals surface area contributed by atoms with Gasteiger partial charge in [0.05, 0.1) is 6.61 Å². The molecule has 0 radical (unpaired) electrons. The minimum atomic E-state index is -3.90. The van der Waals surface area contributed by atoms with E-state index in [1.54, 1.807) is 52.0 Å². The minimum Gasteiger partial charge on any atom is -0.348 e. The lowest BCUT2D eigenvalue weighted by atomic mass is 10.1. The van der Waals surface area contributed by atoms with E-state index in [0.29, 0.717) is 5.56 Å². The summed E-state index contributed by atoms with van der Waals surface area (Å²) in [4.78, 5) is 0. The van der Waals surface area contributed by atoms with Gasteiger partial charge in [0, 0.05) is 0 Å². The number of hydrogen-bond acceptors (Lipinski definition) is 8. The molecule has 8 nitrogen and oxygen atoms in total. The topological polar surface area (TPSA) is 89.5 Å². The Hall–Kier alpha value is -1.07. The van der Waals surface area contributed by atoms with Gasteiger partial charge < -0.3 is 23.7 Å². The van der Waals surface area contributed by atoms with E-state index in [-0.39, 0.29) is 12.4 Å². The number of rotatable bonds is 5. The lowest BCUT2D eigenvalue weighted by Crippen LogP contribution is -2.45. The van der Waals surface area contributed by atoms with E-state index in [1.165, 1.54) is 0 Å². The summed E-state index contributed by atoms with van der Waals surface area (Å²) in [7, 11) is -3.90. The van der Waals surface area contributed by atoms with Crippen LogP contribution in [0, 0.1) is 0 Å². The molecule has 1 aromatic rings. The smallest absolute Gasteiger partial charge is 0.271 e. The number of fused-ring (bicyclic) bond motifs is 1. The minimum absolute atomic E-state index is 0.244. The molecular formula is C19H26O8S. The van der Waals surface area contributed by atoms with Crippen LogP contribution >= 0.6 is 0 Å². The van der Waals surface area contributed by atoms with Crippen LogP contribution in [-0.4, -0.2) is 57.3 Å². The molecule has 3 aliphatic heterocycles. The van der Waals surface area contributed by atoms with Crippen molar-refractivity contribution in [1.29, 1.82) is 0 Å². The molecule has 0 saturated carbocycles. The van der Waals surface area contributed by atoms with E-state index in [2.05, 4.69) is 0 Å². The van der Waals surface area contributed by atoms with E-state index in [9.17, 15) is 8.42 Å². The number of ether oxygens (including phenoxy) is 5. The second-order valence-corrected chi connectivity index (χ2v) is 9.78. The van der Waals surface area contributed by atoms with Crippen LogP contribution < -0.4 is 0 Å². The molecule has 0 aliphatic carbocycles. The zero-order valence-electron chi connectivity index (χ0n) is 16.4. The molecule has 0 amide bonds. The van der Waals surface area contributed by atoms with E-state index < -0.39 is 52.4 Å². The van der Waals surface area contributed by atoms with Crippen molar-refractivity contribution in [2.24, 2.45) is 0 Å². The van der Waals surface area contributed by atoms with Crippen LogP contribution in [-0.2, 0) is 43.7 Å². The van der Waals surface area contributed by atoms with Gasteiger partial charge >= 0.3 is 0 Å². The van der Waals surface area contributed by atoms with Gasteiger partial charge in [-0.2, -0.15) is 8.42 Å². The molecular weight excluding hydrogens is 388 g/mol. The fourth-order valence-corrected chi connectivity index (χ4v) is 5.00. The van der Waals surface area contributed by atoms with Crippen LogP contribution in [0.4, 0.5) is 0 Å². The summed E-state index contributed by atoms with van der Waals surface area (Å²) in [5.41, 5.74) is 0.639. The van der Waals surface area contributed by atoms with Gasteiger partial charge in [-0.3, -0.25) is 4.18 Å². The van der Waals surface area contributed by atoms with Crippen molar-refractivity contribution in [3.05, 3.63) is 35.9 Å². The van der Waals surface area contributed by atoms with Crippen LogP contribution in [0.15, 0.2) is 30.3 Å². The maximum Gasteiger partial charge on any atom is 0.271 e. The molecule has 3 heterocycles. The highest BCUT2D eigenvalue weighted by atomic mass is 32.2. The first-order valence-electron chi connectivity index (χ1n) is 9.31. The lowest BCUT2D eigenvalue weighted by Gasteiger charge is -2.28. The van der Waals surface area contributed by atoms with Crippen LogP contribution in [0.3, 0.4) is 0 Å². The molecule has 3 saturated heterocycles. The fourth-order valence-electron chi connectivity index (χ4n) is 3.77. The first-order chi connectivity index (χ1) is 13.0. The standard InChI is InChI=1S/C19H26O8S/c1-18(2)22-10-13(24-18)14-15(16-17(23-14)26-19(3,4)25-16)27-28(20,21)11-12-8-6-5-7-9-12/h5-9,13-17H,10-11H2,1-4H3/t13-,14+,15+,16+,17+/m1/s1. The molecule has 156 valence electrons. The third-order valence-corrected chi connectivity index (χ3v) is 6.07. The molecule has 5 atom stereocenters. The molecule has 28 heavy (non-hydrogen) atoms. The maximum atomic E-state index is 12.7. The Morgan fingerprint density at radius 2 is 1.71 bits per heavy atom. The summed E-state index contributed by atoms with van der Waals surface area (Å²) in [6.07, 6.45) is -3.50. The summed E-state index contributed by atoms with van der Waals surface area (Å²) in [5.74, 6) is -1.91. The second kappa shape index (κ2) is 7.02. The Kier molecular flexibility index (Phi) is 5.06. The maximum absolute atomic E-state index is 12.7. The number of benzene rings is 1. The molecule has 0 unspecified atom stereocenters.